The van der Waals surface area contributed by atoms with E-state index in [0.717, 1.165) is 0 Å². The minimum Gasteiger partial charge on any atom is -0.456 e. The average molecular weight is 565 g/mol. The Morgan fingerprint density at radius 2 is 1.00 bits per heavy atom. The van der Waals surface area contributed by atoms with Crippen molar-refractivity contribution in [2.45, 2.75) is 0 Å². The summed E-state index contributed by atoms with van der Waals surface area (Å²) in [6.45, 7) is 0. The molecule has 0 aliphatic rings. The van der Waals surface area contributed by atoms with Gasteiger partial charge in [-0.2, -0.15) is 0 Å². The van der Waals surface area contributed by atoms with E-state index in [4.69, 9.17) is 23.6 Å². The molecular weight excluding hydrogens is 520 g/mol. The van der Waals surface area contributed by atoms with Gasteiger partial charge in [0.1, 0.15) is 11.2 Å². The lowest BCUT2D eigenvalue weighted by atomic mass is 9.84. The molecule has 0 N–H and O–H groups in total. The van der Waals surface area contributed by atoms with Crippen LogP contribution in [0.5, 0.6) is 0 Å². The largest absolute Gasteiger partial charge is 0.456 e. The SMILES string of the molecule is [2H]c1c([2H])c([2H])c(-c2c([2H])c([2H])c([2H])c(-c3c4ccccc4c(-c4c([2H])c([2H])c([2H])c5oc6c([2H])c7c([2H])c([2H])c([2H])c([2H])c7c([2H])c6c45)c4ccccc34)c2[2H])c([2H])c1[2H]. The number of hydrogen-bond donors (Lipinski definition) is 0. The van der Waals surface area contributed by atoms with E-state index in [0.29, 0.717) is 21.5 Å². The Bertz CT molecular complexity index is 3430. The highest BCUT2D eigenvalue weighted by atomic mass is 16.3. The van der Waals surface area contributed by atoms with Gasteiger partial charge in [0.2, 0.25) is 0 Å². The predicted molar refractivity (Wildman–Crippen MR) is 183 cm³/mol. The van der Waals surface area contributed by atoms with Gasteiger partial charge in [0.25, 0.3) is 0 Å². The van der Waals surface area contributed by atoms with E-state index >= 15 is 0 Å². The molecule has 9 rings (SSSR count). The van der Waals surface area contributed by atoms with Gasteiger partial charge in [-0.25, -0.2) is 0 Å². The van der Waals surface area contributed by atoms with E-state index in [1.165, 1.54) is 0 Å². The van der Waals surface area contributed by atoms with Crippen LogP contribution in [0, 0.1) is 0 Å². The van der Waals surface area contributed by atoms with Crippen LogP contribution >= 0.6 is 0 Å². The molecule has 9 aromatic rings. The molecule has 1 nitrogen and oxygen atoms in total. The van der Waals surface area contributed by atoms with Crippen LogP contribution in [0.3, 0.4) is 0 Å². The fraction of sp³-hybridized carbons (Fsp3) is 0. The molecular formula is C42H26O. The molecule has 0 saturated heterocycles. The summed E-state index contributed by atoms with van der Waals surface area (Å²) < 4.78 is 164. The number of hydrogen-bond acceptors (Lipinski definition) is 1. The Kier molecular flexibility index (Phi) is 2.70. The van der Waals surface area contributed by atoms with Gasteiger partial charge in [-0.1, -0.05) is 133 Å². The highest BCUT2D eigenvalue weighted by molar-refractivity contribution is 6.26. The molecule has 1 heteroatoms. The molecule has 0 aliphatic heterocycles. The van der Waals surface area contributed by atoms with Crippen LogP contribution in [0.25, 0.3) is 87.6 Å². The van der Waals surface area contributed by atoms with Crippen LogP contribution in [0.4, 0.5) is 0 Å². The quantitative estimate of drug-likeness (QED) is 0.195. The van der Waals surface area contributed by atoms with E-state index in [1.54, 1.807) is 48.5 Å². The third-order valence-corrected chi connectivity index (χ3v) is 7.50. The first-order chi connectivity index (χ1) is 28.8. The third kappa shape index (κ3) is 3.72. The van der Waals surface area contributed by atoms with Crippen LogP contribution in [0.1, 0.15) is 24.7 Å². The van der Waals surface area contributed by atoms with Crippen molar-refractivity contribution in [2.75, 3.05) is 0 Å². The van der Waals surface area contributed by atoms with Gasteiger partial charge in [0.15, 0.2) is 0 Å². The number of fused-ring (bicyclic) bond motifs is 6. The Morgan fingerprint density at radius 1 is 0.419 bits per heavy atom. The van der Waals surface area contributed by atoms with Crippen molar-refractivity contribution in [1.82, 2.24) is 0 Å². The van der Waals surface area contributed by atoms with Gasteiger partial charge in [-0.15, -0.1) is 0 Å². The minimum absolute atomic E-state index is 0.0125. The fourth-order valence-electron chi connectivity index (χ4n) is 5.74. The molecule has 0 radical (unpaired) electrons. The van der Waals surface area contributed by atoms with Crippen molar-refractivity contribution in [3.05, 3.63) is 157 Å². The first-order valence-corrected chi connectivity index (χ1v) is 13.3. The molecule has 0 amide bonds. The molecule has 0 bridgehead atoms. The van der Waals surface area contributed by atoms with Crippen LogP contribution in [0.15, 0.2) is 162 Å². The second-order valence-corrected chi connectivity index (χ2v) is 9.85. The lowest BCUT2D eigenvalue weighted by molar-refractivity contribution is 0.669. The molecule has 1 aromatic heterocycles. The monoisotopic (exact) mass is 564 g/mol. The lowest BCUT2D eigenvalue weighted by Gasteiger charge is -2.18. The Balaban J connectivity index is 1.50. The molecule has 0 aliphatic carbocycles. The summed E-state index contributed by atoms with van der Waals surface area (Å²) in [7, 11) is 0. The van der Waals surface area contributed by atoms with Gasteiger partial charge >= 0.3 is 0 Å². The topological polar surface area (TPSA) is 13.1 Å². The second kappa shape index (κ2) is 9.44. The summed E-state index contributed by atoms with van der Waals surface area (Å²) in [5, 5.41) is 0.648. The second-order valence-electron chi connectivity index (χ2n) is 9.85. The van der Waals surface area contributed by atoms with Crippen LogP contribution in [-0.2, 0) is 0 Å². The van der Waals surface area contributed by atoms with Crippen molar-refractivity contribution in [2.24, 2.45) is 0 Å². The molecule has 1 heterocycles. The molecule has 0 fully saturated rings. The molecule has 0 atom stereocenters. The van der Waals surface area contributed by atoms with Crippen LogP contribution in [0.2, 0.25) is 0 Å². The zero-order chi connectivity index (χ0) is 44.0. The maximum atomic E-state index is 9.55. The van der Waals surface area contributed by atoms with E-state index in [-0.39, 0.29) is 55.0 Å². The summed E-state index contributed by atoms with van der Waals surface area (Å²) in [6, 6.07) is 2.42. The first kappa shape index (κ1) is 12.3. The number of rotatable bonds is 3. The normalized spacial score (nSPS) is 17.6. The van der Waals surface area contributed by atoms with E-state index < -0.39 is 120 Å². The summed E-state index contributed by atoms with van der Waals surface area (Å²) in [6.07, 6.45) is 0. The number of furan rings is 1. The predicted octanol–water partition coefficient (Wildman–Crippen LogP) is 12.0. The standard InChI is InChI=1S/C42H26O/c1-2-12-27(13-3-1)28-16-10-17-31(24-28)40-32-18-6-8-20-34(32)41(35-21-9-7-19-33(35)40)36-22-11-23-38-42(36)37-25-29-14-4-5-15-30(29)26-39(37)43-38/h1-26H/i1D,2D,3D,4D,5D,10D,11D,12D,13D,14D,15D,16D,17D,22D,23D,24D,25D,26D. The molecule has 0 saturated carbocycles. The maximum Gasteiger partial charge on any atom is 0.136 e. The lowest BCUT2D eigenvalue weighted by Crippen LogP contribution is -1.91. The minimum atomic E-state index is -0.712. The van der Waals surface area contributed by atoms with E-state index in [1.807, 2.05) is 0 Å². The maximum absolute atomic E-state index is 9.55. The Labute approximate surface area is 274 Å². The van der Waals surface area contributed by atoms with Crippen LogP contribution < -0.4 is 0 Å². The molecule has 43 heavy (non-hydrogen) atoms. The van der Waals surface area contributed by atoms with Gasteiger partial charge in [0.05, 0.1) is 24.7 Å². The van der Waals surface area contributed by atoms with Crippen molar-refractivity contribution in [1.29, 1.82) is 0 Å². The van der Waals surface area contributed by atoms with E-state index in [2.05, 4.69) is 0 Å². The summed E-state index contributed by atoms with van der Waals surface area (Å²) in [4.78, 5) is 0. The van der Waals surface area contributed by atoms with Gasteiger partial charge in [-0.05, 0) is 89.9 Å². The van der Waals surface area contributed by atoms with Crippen molar-refractivity contribution in [3.63, 3.8) is 0 Å². The highest BCUT2D eigenvalue weighted by Crippen LogP contribution is 2.47. The molecule has 0 unspecified atom stereocenters. The average Bonchev–Trinajstić information content (AvgIpc) is 3.66. The van der Waals surface area contributed by atoms with Gasteiger partial charge in [0, 0.05) is 10.8 Å². The summed E-state index contributed by atoms with van der Waals surface area (Å²) in [5.74, 6) is 0. The summed E-state index contributed by atoms with van der Waals surface area (Å²) >= 11 is 0. The molecule has 0 spiro atoms. The Morgan fingerprint density at radius 3 is 1.72 bits per heavy atom. The zero-order valence-corrected chi connectivity index (χ0v) is 22.0. The fourth-order valence-corrected chi connectivity index (χ4v) is 5.74. The van der Waals surface area contributed by atoms with Crippen molar-refractivity contribution < 1.29 is 29.1 Å². The Hall–Kier alpha value is -5.66. The van der Waals surface area contributed by atoms with E-state index in [9.17, 15) is 5.48 Å². The first-order valence-electron chi connectivity index (χ1n) is 22.3. The van der Waals surface area contributed by atoms with Crippen LogP contribution in [-0.4, -0.2) is 0 Å². The smallest absolute Gasteiger partial charge is 0.136 e. The summed E-state index contributed by atoms with van der Waals surface area (Å²) in [5.41, 5.74) is -1.23. The highest BCUT2D eigenvalue weighted by Gasteiger charge is 2.20. The molecule has 200 valence electrons. The third-order valence-electron chi connectivity index (χ3n) is 7.50. The van der Waals surface area contributed by atoms with Gasteiger partial charge in [-0.3, -0.25) is 0 Å². The number of benzene rings is 8. The molecule has 8 aromatic carbocycles. The van der Waals surface area contributed by atoms with Crippen molar-refractivity contribution >= 4 is 54.3 Å². The van der Waals surface area contributed by atoms with Crippen molar-refractivity contribution in [3.8, 4) is 33.4 Å². The van der Waals surface area contributed by atoms with Gasteiger partial charge < -0.3 is 4.42 Å². The zero-order valence-electron chi connectivity index (χ0n) is 40.0.